The Morgan fingerprint density at radius 3 is 2.04 bits per heavy atom. The molecule has 1 atom stereocenters. The van der Waals surface area contributed by atoms with Gasteiger partial charge < -0.3 is 11.1 Å². The summed E-state index contributed by atoms with van der Waals surface area (Å²) in [5, 5.41) is 5.29. The molecule has 2 rings (SSSR count). The second-order valence-electron chi connectivity index (χ2n) is 6.67. The summed E-state index contributed by atoms with van der Waals surface area (Å²) >= 11 is 0. The smallest absolute Gasteiger partial charge is 0.318 e. The molecule has 0 radical (unpaired) electrons. The fraction of sp³-hybridized carbons (Fsp3) is 0.263. The van der Waals surface area contributed by atoms with Crippen molar-refractivity contribution in [1.82, 2.24) is 5.32 Å². The SMILES string of the molecule is CC(C)(C)c1ccc(N[C@@H](C(=O)NC(N)=O)c2ccccc2)cc1. The molecule has 126 valence electrons. The molecule has 0 aromatic heterocycles. The molecule has 5 heteroatoms. The van der Waals surface area contributed by atoms with Crippen molar-refractivity contribution in [2.24, 2.45) is 5.73 Å². The first-order valence-corrected chi connectivity index (χ1v) is 7.79. The van der Waals surface area contributed by atoms with E-state index in [1.165, 1.54) is 5.56 Å². The van der Waals surface area contributed by atoms with Gasteiger partial charge in [0.1, 0.15) is 6.04 Å². The van der Waals surface area contributed by atoms with E-state index in [-0.39, 0.29) is 5.41 Å². The standard InChI is InChI=1S/C19H23N3O2/c1-19(2,3)14-9-11-15(12-10-14)21-16(17(23)22-18(20)24)13-7-5-4-6-8-13/h4-12,16,21H,1-3H3,(H3,20,22,23,24)/t16-/m1/s1. The first-order valence-electron chi connectivity index (χ1n) is 7.79. The third kappa shape index (κ3) is 4.59. The lowest BCUT2D eigenvalue weighted by Crippen LogP contribution is -2.40. The molecule has 4 N–H and O–H groups in total. The molecule has 0 spiro atoms. The summed E-state index contributed by atoms with van der Waals surface area (Å²) in [4.78, 5) is 23.3. The Bertz CT molecular complexity index is 704. The zero-order valence-corrected chi connectivity index (χ0v) is 14.2. The molecule has 0 saturated heterocycles. The number of benzene rings is 2. The number of carbonyl (C=O) groups is 2. The summed E-state index contributed by atoms with van der Waals surface area (Å²) in [6.07, 6.45) is 0. The Morgan fingerprint density at radius 2 is 1.54 bits per heavy atom. The second kappa shape index (κ2) is 7.17. The summed E-state index contributed by atoms with van der Waals surface area (Å²) in [6, 6.07) is 15.5. The average Bonchev–Trinajstić information content (AvgIpc) is 2.52. The van der Waals surface area contributed by atoms with Crippen molar-refractivity contribution in [3.05, 3.63) is 65.7 Å². The number of imide groups is 1. The predicted molar refractivity (Wildman–Crippen MR) is 95.7 cm³/mol. The molecule has 0 heterocycles. The van der Waals surface area contributed by atoms with Gasteiger partial charge in [0.2, 0.25) is 0 Å². The maximum Gasteiger partial charge on any atom is 0.318 e. The van der Waals surface area contributed by atoms with Gasteiger partial charge in [0.05, 0.1) is 0 Å². The van der Waals surface area contributed by atoms with Gasteiger partial charge in [-0.3, -0.25) is 10.1 Å². The van der Waals surface area contributed by atoms with Gasteiger partial charge in [-0.05, 0) is 28.7 Å². The van der Waals surface area contributed by atoms with E-state index in [0.717, 1.165) is 11.3 Å². The number of anilines is 1. The molecule has 0 fully saturated rings. The van der Waals surface area contributed by atoms with Crippen molar-refractivity contribution in [2.75, 3.05) is 5.32 Å². The largest absolute Gasteiger partial charge is 0.370 e. The summed E-state index contributed by atoms with van der Waals surface area (Å²) in [7, 11) is 0. The molecule has 0 bridgehead atoms. The minimum atomic E-state index is -0.870. The van der Waals surface area contributed by atoms with Crippen LogP contribution in [0.4, 0.5) is 10.5 Å². The Hall–Kier alpha value is -2.82. The zero-order valence-electron chi connectivity index (χ0n) is 14.2. The Kier molecular flexibility index (Phi) is 5.24. The topological polar surface area (TPSA) is 84.2 Å². The number of hydrogen-bond acceptors (Lipinski definition) is 3. The number of amides is 3. The number of carbonyl (C=O) groups excluding carboxylic acids is 2. The highest BCUT2D eigenvalue weighted by Gasteiger charge is 2.22. The lowest BCUT2D eigenvalue weighted by molar-refractivity contribution is -0.120. The normalized spacial score (nSPS) is 12.3. The van der Waals surface area contributed by atoms with Gasteiger partial charge >= 0.3 is 6.03 Å². The molecule has 24 heavy (non-hydrogen) atoms. The third-order valence-electron chi connectivity index (χ3n) is 3.70. The molecule has 0 unspecified atom stereocenters. The fourth-order valence-electron chi connectivity index (χ4n) is 2.37. The molecule has 2 aromatic carbocycles. The van der Waals surface area contributed by atoms with Crippen LogP contribution in [0.15, 0.2) is 54.6 Å². The van der Waals surface area contributed by atoms with Gasteiger partial charge in [0.15, 0.2) is 0 Å². The van der Waals surface area contributed by atoms with E-state index in [1.807, 2.05) is 54.6 Å². The van der Waals surface area contributed by atoms with E-state index in [1.54, 1.807) is 0 Å². The van der Waals surface area contributed by atoms with Crippen LogP contribution in [-0.2, 0) is 10.2 Å². The quantitative estimate of drug-likeness (QED) is 0.806. The zero-order chi connectivity index (χ0) is 17.7. The van der Waals surface area contributed by atoms with Crippen LogP contribution in [0, 0.1) is 0 Å². The number of nitrogens with two attached hydrogens (primary N) is 1. The van der Waals surface area contributed by atoms with Crippen molar-refractivity contribution in [1.29, 1.82) is 0 Å². The molecule has 2 aromatic rings. The van der Waals surface area contributed by atoms with E-state index < -0.39 is 18.0 Å². The van der Waals surface area contributed by atoms with Gasteiger partial charge in [-0.2, -0.15) is 0 Å². The van der Waals surface area contributed by atoms with Crippen LogP contribution in [0.5, 0.6) is 0 Å². The highest BCUT2D eigenvalue weighted by molar-refractivity contribution is 5.98. The molecule has 0 saturated carbocycles. The van der Waals surface area contributed by atoms with Gasteiger partial charge in [0.25, 0.3) is 5.91 Å². The fourth-order valence-corrected chi connectivity index (χ4v) is 2.37. The summed E-state index contributed by atoms with van der Waals surface area (Å²) < 4.78 is 0. The average molecular weight is 325 g/mol. The van der Waals surface area contributed by atoms with Crippen LogP contribution in [-0.4, -0.2) is 11.9 Å². The molecule has 0 aliphatic heterocycles. The molecule has 5 nitrogen and oxygen atoms in total. The Labute approximate surface area is 142 Å². The van der Waals surface area contributed by atoms with E-state index in [2.05, 4.69) is 31.4 Å². The summed E-state index contributed by atoms with van der Waals surface area (Å²) in [5.74, 6) is -0.492. The molecule has 3 amide bonds. The predicted octanol–water partition coefficient (Wildman–Crippen LogP) is 3.33. The lowest BCUT2D eigenvalue weighted by atomic mass is 9.87. The lowest BCUT2D eigenvalue weighted by Gasteiger charge is -2.22. The number of primary amides is 1. The number of hydrogen-bond donors (Lipinski definition) is 3. The molecule has 0 aliphatic rings. The van der Waals surface area contributed by atoms with E-state index >= 15 is 0 Å². The van der Waals surface area contributed by atoms with Crippen LogP contribution >= 0.6 is 0 Å². The molecular formula is C19H23N3O2. The van der Waals surface area contributed by atoms with Gasteiger partial charge in [0, 0.05) is 5.69 Å². The third-order valence-corrected chi connectivity index (χ3v) is 3.70. The van der Waals surface area contributed by atoms with Crippen LogP contribution in [0.25, 0.3) is 0 Å². The number of nitrogens with one attached hydrogen (secondary N) is 2. The van der Waals surface area contributed by atoms with Crippen molar-refractivity contribution in [3.8, 4) is 0 Å². The van der Waals surface area contributed by atoms with Crippen LogP contribution < -0.4 is 16.4 Å². The van der Waals surface area contributed by atoms with Crippen molar-refractivity contribution in [3.63, 3.8) is 0 Å². The van der Waals surface area contributed by atoms with Gasteiger partial charge in [-0.1, -0.05) is 63.2 Å². The van der Waals surface area contributed by atoms with Crippen LogP contribution in [0.1, 0.15) is 37.9 Å². The number of urea groups is 1. The first kappa shape index (κ1) is 17.5. The van der Waals surface area contributed by atoms with Gasteiger partial charge in [-0.15, -0.1) is 0 Å². The summed E-state index contributed by atoms with van der Waals surface area (Å²) in [5.41, 5.74) is 7.86. The highest BCUT2D eigenvalue weighted by atomic mass is 16.2. The minimum Gasteiger partial charge on any atom is -0.370 e. The van der Waals surface area contributed by atoms with Crippen LogP contribution in [0.2, 0.25) is 0 Å². The minimum absolute atomic E-state index is 0.0563. The van der Waals surface area contributed by atoms with Crippen LogP contribution in [0.3, 0.4) is 0 Å². The molecule has 0 aliphatic carbocycles. The van der Waals surface area contributed by atoms with E-state index in [9.17, 15) is 9.59 Å². The monoisotopic (exact) mass is 325 g/mol. The van der Waals surface area contributed by atoms with Gasteiger partial charge in [-0.25, -0.2) is 4.79 Å². The first-order chi connectivity index (χ1) is 11.3. The Balaban J connectivity index is 2.25. The van der Waals surface area contributed by atoms with E-state index in [0.29, 0.717) is 0 Å². The summed E-state index contributed by atoms with van der Waals surface area (Å²) in [6.45, 7) is 6.42. The second-order valence-corrected chi connectivity index (χ2v) is 6.67. The Morgan fingerprint density at radius 1 is 0.958 bits per heavy atom. The van der Waals surface area contributed by atoms with Crippen molar-refractivity contribution < 1.29 is 9.59 Å². The van der Waals surface area contributed by atoms with Crippen molar-refractivity contribution >= 4 is 17.6 Å². The van der Waals surface area contributed by atoms with E-state index in [4.69, 9.17) is 5.73 Å². The number of rotatable bonds is 4. The van der Waals surface area contributed by atoms with Crippen molar-refractivity contribution in [2.45, 2.75) is 32.2 Å². The maximum atomic E-state index is 12.3. The highest BCUT2D eigenvalue weighted by Crippen LogP contribution is 2.25. The maximum absolute atomic E-state index is 12.3. The molecular weight excluding hydrogens is 302 g/mol.